The molecule has 1 N–H and O–H groups in total. The number of anilines is 1. The summed E-state index contributed by atoms with van der Waals surface area (Å²) in [5.74, 6) is -1.36. The van der Waals surface area contributed by atoms with E-state index in [1.165, 1.54) is 38.4 Å². The number of carbonyl (C=O) groups is 1. The van der Waals surface area contributed by atoms with Crippen molar-refractivity contribution in [1.82, 2.24) is 9.62 Å². The molecule has 0 radical (unpaired) electrons. The molecule has 27 heavy (non-hydrogen) atoms. The van der Waals surface area contributed by atoms with Gasteiger partial charge in [0, 0.05) is 20.6 Å². The topological polar surface area (TPSA) is 69.7 Å². The highest BCUT2D eigenvalue weighted by atomic mass is 32.2. The van der Waals surface area contributed by atoms with Crippen molar-refractivity contribution in [1.29, 1.82) is 0 Å². The fraction of sp³-hybridized carbons (Fsp3) is 0.278. The Morgan fingerprint density at radius 2 is 1.48 bits per heavy atom. The van der Waals surface area contributed by atoms with E-state index in [4.69, 9.17) is 0 Å². The summed E-state index contributed by atoms with van der Waals surface area (Å²) in [6.45, 7) is -0.181. The number of nitrogens with zero attached hydrogens (tertiary/aromatic N) is 2. The number of hydrogen-bond acceptors (Lipinski definition) is 3. The molecular formula is C18H21F2N3O3S. The van der Waals surface area contributed by atoms with Crippen molar-refractivity contribution in [2.75, 3.05) is 31.5 Å². The predicted octanol–water partition coefficient (Wildman–Crippen LogP) is 1.94. The Balaban J connectivity index is 2.04. The highest BCUT2D eigenvalue weighted by Crippen LogP contribution is 2.19. The normalized spacial score (nSPS) is 11.4. The zero-order chi connectivity index (χ0) is 20.0. The number of nitrogens with one attached hydrogen (secondary N) is 1. The molecule has 0 saturated heterocycles. The van der Waals surface area contributed by atoms with Gasteiger partial charge in [0.15, 0.2) is 0 Å². The summed E-state index contributed by atoms with van der Waals surface area (Å²) < 4.78 is 52.9. The first-order chi connectivity index (χ1) is 12.7. The van der Waals surface area contributed by atoms with Crippen LogP contribution in [0.2, 0.25) is 0 Å². The molecule has 0 aromatic heterocycles. The first-order valence-electron chi connectivity index (χ1n) is 8.17. The van der Waals surface area contributed by atoms with Crippen LogP contribution < -0.4 is 9.62 Å². The zero-order valence-electron chi connectivity index (χ0n) is 15.0. The molecule has 0 spiro atoms. The molecule has 0 aliphatic rings. The maximum Gasteiger partial charge on any atom is 0.304 e. The van der Waals surface area contributed by atoms with E-state index in [1.54, 1.807) is 12.1 Å². The van der Waals surface area contributed by atoms with Crippen molar-refractivity contribution in [2.24, 2.45) is 0 Å². The summed E-state index contributed by atoms with van der Waals surface area (Å²) in [6.07, 6.45) is 0.475. The minimum absolute atomic E-state index is 0.179. The number of benzene rings is 2. The van der Waals surface area contributed by atoms with Crippen LogP contribution in [0.3, 0.4) is 0 Å². The molecule has 2 aromatic rings. The molecule has 6 nitrogen and oxygen atoms in total. The molecule has 0 heterocycles. The van der Waals surface area contributed by atoms with Crippen molar-refractivity contribution in [3.8, 4) is 0 Å². The van der Waals surface area contributed by atoms with Crippen LogP contribution in [0.15, 0.2) is 48.5 Å². The van der Waals surface area contributed by atoms with Crippen molar-refractivity contribution in [2.45, 2.75) is 6.42 Å². The first-order valence-corrected chi connectivity index (χ1v) is 9.57. The van der Waals surface area contributed by atoms with Crippen molar-refractivity contribution in [3.63, 3.8) is 0 Å². The molecule has 0 bridgehead atoms. The Kier molecular flexibility index (Phi) is 6.86. The molecular weight excluding hydrogens is 376 g/mol. The maximum absolute atomic E-state index is 13.1. The highest BCUT2D eigenvalue weighted by molar-refractivity contribution is 7.90. The largest absolute Gasteiger partial charge is 0.354 e. The lowest BCUT2D eigenvalue weighted by Gasteiger charge is -2.26. The van der Waals surface area contributed by atoms with Crippen molar-refractivity contribution in [3.05, 3.63) is 65.7 Å². The van der Waals surface area contributed by atoms with Gasteiger partial charge in [-0.05, 0) is 48.4 Å². The van der Waals surface area contributed by atoms with Crippen LogP contribution >= 0.6 is 0 Å². The van der Waals surface area contributed by atoms with Gasteiger partial charge in [0.05, 0.1) is 5.69 Å². The van der Waals surface area contributed by atoms with E-state index in [0.717, 1.165) is 26.3 Å². The second-order valence-electron chi connectivity index (χ2n) is 6.00. The fourth-order valence-corrected chi connectivity index (χ4v) is 3.36. The van der Waals surface area contributed by atoms with Gasteiger partial charge in [0.1, 0.15) is 18.2 Å². The van der Waals surface area contributed by atoms with Gasteiger partial charge < -0.3 is 5.32 Å². The number of rotatable bonds is 8. The summed E-state index contributed by atoms with van der Waals surface area (Å²) >= 11 is 0. The minimum Gasteiger partial charge on any atom is -0.354 e. The molecule has 2 aromatic carbocycles. The Labute approximate surface area is 157 Å². The number of halogens is 2. The molecule has 146 valence electrons. The predicted molar refractivity (Wildman–Crippen MR) is 99.5 cm³/mol. The smallest absolute Gasteiger partial charge is 0.304 e. The van der Waals surface area contributed by atoms with Crippen LogP contribution in [0.1, 0.15) is 5.56 Å². The summed E-state index contributed by atoms with van der Waals surface area (Å²) in [5.41, 5.74) is 1.02. The lowest BCUT2D eigenvalue weighted by atomic mass is 10.1. The van der Waals surface area contributed by atoms with Gasteiger partial charge in [-0.2, -0.15) is 12.7 Å². The number of hydrogen-bond donors (Lipinski definition) is 1. The number of carbonyl (C=O) groups excluding carboxylic acids is 1. The van der Waals surface area contributed by atoms with Crippen LogP contribution in [0.4, 0.5) is 14.5 Å². The van der Waals surface area contributed by atoms with Gasteiger partial charge in [-0.15, -0.1) is 0 Å². The lowest BCUT2D eigenvalue weighted by Crippen LogP contribution is -2.46. The summed E-state index contributed by atoms with van der Waals surface area (Å²) in [6, 6.07) is 10.7. The van der Waals surface area contributed by atoms with E-state index in [0.29, 0.717) is 6.42 Å². The SMILES string of the molecule is CN(C)S(=O)(=O)N(CC(=O)NCCc1ccc(F)cc1)c1ccc(F)cc1. The minimum atomic E-state index is -3.94. The van der Waals surface area contributed by atoms with Crippen molar-refractivity contribution >= 4 is 21.8 Å². The molecule has 0 fully saturated rings. The van der Waals surface area contributed by atoms with Gasteiger partial charge in [-0.1, -0.05) is 12.1 Å². The summed E-state index contributed by atoms with van der Waals surface area (Å²) in [4.78, 5) is 12.2. The van der Waals surface area contributed by atoms with Gasteiger partial charge >= 0.3 is 10.2 Å². The molecule has 0 saturated carbocycles. The molecule has 0 aliphatic carbocycles. The zero-order valence-corrected chi connectivity index (χ0v) is 15.8. The van der Waals surface area contributed by atoms with Gasteiger partial charge in [0.25, 0.3) is 0 Å². The third-order valence-electron chi connectivity index (χ3n) is 3.79. The second kappa shape index (κ2) is 8.92. The molecule has 0 unspecified atom stereocenters. The Morgan fingerprint density at radius 1 is 0.963 bits per heavy atom. The summed E-state index contributed by atoms with van der Waals surface area (Å²) in [7, 11) is -1.25. The first kappa shape index (κ1) is 20.8. The standard InChI is InChI=1S/C18H21F2N3O3S/c1-22(2)27(25,26)23(17-9-7-16(20)8-10-17)13-18(24)21-12-11-14-3-5-15(19)6-4-14/h3-10H,11-13H2,1-2H3,(H,21,24). The summed E-state index contributed by atoms with van der Waals surface area (Å²) in [5, 5.41) is 2.64. The Morgan fingerprint density at radius 3 is 2.00 bits per heavy atom. The average Bonchev–Trinajstić information content (AvgIpc) is 2.62. The van der Waals surface area contributed by atoms with Gasteiger partial charge in [-0.25, -0.2) is 13.1 Å². The lowest BCUT2D eigenvalue weighted by molar-refractivity contribution is -0.119. The molecule has 2 rings (SSSR count). The van der Waals surface area contributed by atoms with Crippen molar-refractivity contribution < 1.29 is 22.0 Å². The molecule has 0 atom stereocenters. The van der Waals surface area contributed by atoms with Crippen LogP contribution in [0, 0.1) is 11.6 Å². The van der Waals surface area contributed by atoms with Gasteiger partial charge in [0.2, 0.25) is 5.91 Å². The third-order valence-corrected chi connectivity index (χ3v) is 5.61. The number of amides is 1. The second-order valence-corrected chi connectivity index (χ2v) is 8.07. The quantitative estimate of drug-likeness (QED) is 0.740. The van der Waals surface area contributed by atoms with E-state index in [-0.39, 0.29) is 18.0 Å². The monoisotopic (exact) mass is 397 g/mol. The van der Waals surface area contributed by atoms with Gasteiger partial charge in [-0.3, -0.25) is 4.79 Å². The maximum atomic E-state index is 13.1. The third kappa shape index (κ3) is 5.73. The van der Waals surface area contributed by atoms with Crippen LogP contribution in [-0.2, 0) is 21.4 Å². The van der Waals surface area contributed by atoms with E-state index in [9.17, 15) is 22.0 Å². The Bertz CT molecular complexity index is 870. The van der Waals surface area contributed by atoms with E-state index >= 15 is 0 Å². The molecule has 9 heteroatoms. The average molecular weight is 397 g/mol. The van der Waals surface area contributed by atoms with E-state index < -0.39 is 28.5 Å². The van der Waals surface area contributed by atoms with E-state index in [2.05, 4.69) is 5.32 Å². The van der Waals surface area contributed by atoms with Crippen LogP contribution in [0.5, 0.6) is 0 Å². The fourth-order valence-electron chi connectivity index (χ4n) is 2.29. The highest BCUT2D eigenvalue weighted by Gasteiger charge is 2.27. The van der Waals surface area contributed by atoms with Crippen LogP contribution in [0.25, 0.3) is 0 Å². The molecule has 0 aliphatic heterocycles. The Hall–Kier alpha value is -2.52. The van der Waals surface area contributed by atoms with Crippen LogP contribution in [-0.4, -0.2) is 45.8 Å². The van der Waals surface area contributed by atoms with E-state index in [1.807, 2.05) is 0 Å². The molecule has 1 amide bonds.